The van der Waals surface area contributed by atoms with Gasteiger partial charge in [0.25, 0.3) is 5.91 Å². The molecule has 0 radical (unpaired) electrons. The number of carbonyl (C=O) groups excluding carboxylic acids is 1. The van der Waals surface area contributed by atoms with E-state index < -0.39 is 31.8 Å². The van der Waals surface area contributed by atoms with Crippen molar-refractivity contribution in [2.75, 3.05) is 26.5 Å². The fourth-order valence-corrected chi connectivity index (χ4v) is 5.30. The summed E-state index contributed by atoms with van der Waals surface area (Å²) < 4.78 is 60.9. The number of halogens is 2. The highest BCUT2D eigenvalue weighted by Crippen LogP contribution is 2.44. The third kappa shape index (κ3) is 4.04. The van der Waals surface area contributed by atoms with E-state index in [0.717, 1.165) is 6.07 Å². The van der Waals surface area contributed by atoms with Crippen molar-refractivity contribution in [3.8, 4) is 11.5 Å². The van der Waals surface area contributed by atoms with E-state index in [4.69, 9.17) is 9.47 Å². The molecular formula is C19H19F2NO5S2. The Kier molecular flexibility index (Phi) is 6.33. The maximum atomic E-state index is 13.2. The SMILES string of the molecule is COc1ccc(OC)c(C2SCCN2C(=O)c2ccccc2S(=O)(=O)C(F)F)c1. The van der Waals surface area contributed by atoms with Crippen LogP contribution < -0.4 is 9.47 Å². The summed E-state index contributed by atoms with van der Waals surface area (Å²) in [7, 11) is -1.90. The van der Waals surface area contributed by atoms with Gasteiger partial charge in [0.2, 0.25) is 9.84 Å². The minimum atomic E-state index is -4.92. The first-order chi connectivity index (χ1) is 13.8. The van der Waals surface area contributed by atoms with Crippen LogP contribution in [0.5, 0.6) is 11.5 Å². The standard InChI is InChI=1S/C19H19F2NO5S2/c1-26-12-7-8-15(27-2)14(11-12)18-22(9-10-28-18)17(23)13-5-3-4-6-16(13)29(24,25)19(20)21/h3-8,11,18-19H,9-10H2,1-2H3. The van der Waals surface area contributed by atoms with Gasteiger partial charge in [0.15, 0.2) is 0 Å². The van der Waals surface area contributed by atoms with Crippen molar-refractivity contribution in [1.82, 2.24) is 4.90 Å². The molecule has 1 saturated heterocycles. The second kappa shape index (κ2) is 8.58. The van der Waals surface area contributed by atoms with Gasteiger partial charge < -0.3 is 14.4 Å². The Morgan fingerprint density at radius 3 is 2.55 bits per heavy atom. The van der Waals surface area contributed by atoms with E-state index in [0.29, 0.717) is 29.4 Å². The molecule has 0 aliphatic carbocycles. The molecule has 1 fully saturated rings. The number of nitrogens with zero attached hydrogens (tertiary/aromatic N) is 1. The van der Waals surface area contributed by atoms with E-state index in [-0.39, 0.29) is 5.56 Å². The van der Waals surface area contributed by atoms with Crippen molar-refractivity contribution < 1.29 is 31.5 Å². The van der Waals surface area contributed by atoms with Crippen LogP contribution in [0.4, 0.5) is 8.78 Å². The summed E-state index contributed by atoms with van der Waals surface area (Å²) in [6, 6.07) is 10.2. The largest absolute Gasteiger partial charge is 0.497 e. The first-order valence-corrected chi connectivity index (χ1v) is 11.2. The predicted molar refractivity (Wildman–Crippen MR) is 105 cm³/mol. The zero-order valence-corrected chi connectivity index (χ0v) is 17.3. The van der Waals surface area contributed by atoms with Crippen molar-refractivity contribution in [1.29, 1.82) is 0 Å². The summed E-state index contributed by atoms with van der Waals surface area (Å²) in [5.41, 5.74) is 0.402. The number of amides is 1. The number of sulfone groups is 1. The maximum Gasteiger partial charge on any atom is 0.341 e. The highest BCUT2D eigenvalue weighted by molar-refractivity contribution is 7.99. The zero-order chi connectivity index (χ0) is 21.2. The summed E-state index contributed by atoms with van der Waals surface area (Å²) in [6.07, 6.45) is 0. The van der Waals surface area contributed by atoms with Crippen LogP contribution in [0.1, 0.15) is 21.3 Å². The predicted octanol–water partition coefficient (Wildman–Crippen LogP) is 3.59. The molecule has 156 valence electrons. The molecule has 3 rings (SSSR count). The third-order valence-electron chi connectivity index (χ3n) is 4.51. The lowest BCUT2D eigenvalue weighted by atomic mass is 10.1. The maximum absolute atomic E-state index is 13.2. The van der Waals surface area contributed by atoms with Crippen LogP contribution in [0.15, 0.2) is 47.4 Å². The van der Waals surface area contributed by atoms with Crippen LogP contribution in [-0.4, -0.2) is 51.5 Å². The lowest BCUT2D eigenvalue weighted by molar-refractivity contribution is 0.0755. The quantitative estimate of drug-likeness (QED) is 0.680. The van der Waals surface area contributed by atoms with Gasteiger partial charge in [0.1, 0.15) is 16.9 Å². The average Bonchev–Trinajstić information content (AvgIpc) is 3.22. The minimum absolute atomic E-state index is 0.276. The van der Waals surface area contributed by atoms with Crippen molar-refractivity contribution >= 4 is 27.5 Å². The number of alkyl halides is 2. The molecule has 0 aromatic heterocycles. The Bertz CT molecular complexity index is 1010. The van der Waals surface area contributed by atoms with Gasteiger partial charge in [-0.1, -0.05) is 12.1 Å². The van der Waals surface area contributed by atoms with E-state index >= 15 is 0 Å². The molecule has 0 spiro atoms. The van der Waals surface area contributed by atoms with Crippen LogP contribution in [0, 0.1) is 0 Å². The lowest BCUT2D eigenvalue weighted by Crippen LogP contribution is -2.32. The molecule has 0 bridgehead atoms. The Morgan fingerprint density at radius 1 is 1.17 bits per heavy atom. The van der Waals surface area contributed by atoms with Gasteiger partial charge in [-0.2, -0.15) is 8.78 Å². The Hall–Kier alpha value is -2.33. The van der Waals surface area contributed by atoms with Gasteiger partial charge in [-0.15, -0.1) is 11.8 Å². The molecule has 1 aliphatic rings. The zero-order valence-electron chi connectivity index (χ0n) is 15.7. The topological polar surface area (TPSA) is 72.9 Å². The average molecular weight is 443 g/mol. The first kappa shape index (κ1) is 21.4. The summed E-state index contributed by atoms with van der Waals surface area (Å²) in [5, 5.41) is -0.477. The minimum Gasteiger partial charge on any atom is -0.497 e. The molecule has 1 unspecified atom stereocenters. The Morgan fingerprint density at radius 2 is 1.90 bits per heavy atom. The summed E-state index contributed by atoms with van der Waals surface area (Å²) in [5.74, 6) is -2.54. The van der Waals surface area contributed by atoms with Crippen LogP contribution in [0.3, 0.4) is 0 Å². The van der Waals surface area contributed by atoms with Crippen LogP contribution in [0.2, 0.25) is 0 Å². The highest BCUT2D eigenvalue weighted by Gasteiger charge is 2.37. The van der Waals surface area contributed by atoms with Crippen LogP contribution in [-0.2, 0) is 9.84 Å². The lowest BCUT2D eigenvalue weighted by Gasteiger charge is -2.26. The summed E-state index contributed by atoms with van der Waals surface area (Å²) >= 11 is 1.47. The number of rotatable bonds is 6. The van der Waals surface area contributed by atoms with Gasteiger partial charge in [-0.05, 0) is 30.3 Å². The van der Waals surface area contributed by atoms with E-state index in [1.165, 1.54) is 49.1 Å². The molecule has 1 atom stereocenters. The molecule has 0 saturated carbocycles. The molecular weight excluding hydrogens is 424 g/mol. The number of hydrogen-bond acceptors (Lipinski definition) is 6. The molecule has 1 heterocycles. The number of ether oxygens (including phenoxy) is 2. The van der Waals surface area contributed by atoms with Crippen LogP contribution in [0.25, 0.3) is 0 Å². The van der Waals surface area contributed by atoms with Crippen molar-refractivity contribution in [3.63, 3.8) is 0 Å². The van der Waals surface area contributed by atoms with E-state index in [1.54, 1.807) is 18.2 Å². The molecule has 1 aliphatic heterocycles. The molecule has 29 heavy (non-hydrogen) atoms. The fourth-order valence-electron chi connectivity index (χ4n) is 3.11. The smallest absolute Gasteiger partial charge is 0.341 e. The van der Waals surface area contributed by atoms with E-state index in [2.05, 4.69) is 0 Å². The van der Waals surface area contributed by atoms with Gasteiger partial charge in [-0.3, -0.25) is 4.79 Å². The van der Waals surface area contributed by atoms with Gasteiger partial charge in [0.05, 0.1) is 24.7 Å². The molecule has 1 amide bonds. The summed E-state index contributed by atoms with van der Waals surface area (Å²) in [6.45, 7) is 0.331. The van der Waals surface area contributed by atoms with Crippen LogP contribution >= 0.6 is 11.8 Å². The normalized spacial score (nSPS) is 16.9. The molecule has 0 N–H and O–H groups in total. The Labute approximate surface area is 171 Å². The molecule has 10 heteroatoms. The number of thioether (sulfide) groups is 1. The van der Waals surface area contributed by atoms with Crippen molar-refractivity contribution in [2.45, 2.75) is 16.0 Å². The first-order valence-electron chi connectivity index (χ1n) is 8.56. The van der Waals surface area contributed by atoms with Gasteiger partial charge in [-0.25, -0.2) is 8.42 Å². The fraction of sp³-hybridized carbons (Fsp3) is 0.316. The second-order valence-electron chi connectivity index (χ2n) is 6.13. The third-order valence-corrected chi connectivity index (χ3v) is 7.19. The molecule has 6 nitrogen and oxygen atoms in total. The number of hydrogen-bond donors (Lipinski definition) is 0. The van der Waals surface area contributed by atoms with Gasteiger partial charge >= 0.3 is 5.76 Å². The number of benzene rings is 2. The monoisotopic (exact) mass is 443 g/mol. The molecule has 2 aromatic carbocycles. The number of carbonyl (C=O) groups is 1. The van der Waals surface area contributed by atoms with E-state index in [1.807, 2.05) is 0 Å². The molecule has 2 aromatic rings. The van der Waals surface area contributed by atoms with Gasteiger partial charge in [0, 0.05) is 17.9 Å². The highest BCUT2D eigenvalue weighted by atomic mass is 32.2. The summed E-state index contributed by atoms with van der Waals surface area (Å²) in [4.78, 5) is 14.0. The van der Waals surface area contributed by atoms with E-state index in [9.17, 15) is 22.0 Å². The van der Waals surface area contributed by atoms with Crippen molar-refractivity contribution in [3.05, 3.63) is 53.6 Å². The second-order valence-corrected chi connectivity index (χ2v) is 9.21. The number of methoxy groups -OCH3 is 2. The Balaban J connectivity index is 2.04. The van der Waals surface area contributed by atoms with Crippen molar-refractivity contribution in [2.24, 2.45) is 0 Å².